The number of methoxy groups -OCH3 is 1. The molecule has 0 radical (unpaired) electrons. The Labute approximate surface area is 197 Å². The number of urea groups is 1. The normalized spacial score (nSPS) is 15.2. The molecule has 2 aromatic carbocycles. The van der Waals surface area contributed by atoms with Crippen LogP contribution in [0.4, 0.5) is 10.5 Å². The van der Waals surface area contributed by atoms with Crippen molar-refractivity contribution in [2.45, 2.75) is 6.92 Å². The second-order valence-corrected chi connectivity index (χ2v) is 8.12. The fourth-order valence-corrected chi connectivity index (χ4v) is 3.92. The van der Waals surface area contributed by atoms with Crippen LogP contribution in [0.25, 0.3) is 6.08 Å². The summed E-state index contributed by atoms with van der Waals surface area (Å²) in [4.78, 5) is 38.9. The van der Waals surface area contributed by atoms with Crippen molar-refractivity contribution in [2.75, 3.05) is 18.6 Å². The largest absolute Gasteiger partial charge is 0.493 e. The number of hydrogen-bond acceptors (Lipinski definition) is 5. The van der Waals surface area contributed by atoms with Gasteiger partial charge in [-0.3, -0.25) is 14.9 Å². The van der Waals surface area contributed by atoms with Gasteiger partial charge in [0.05, 0.1) is 16.4 Å². The molecule has 1 aliphatic heterocycles. The first-order valence-corrected chi connectivity index (χ1v) is 10.5. The van der Waals surface area contributed by atoms with E-state index in [0.29, 0.717) is 43.5 Å². The molecule has 3 rings (SSSR count). The van der Waals surface area contributed by atoms with Crippen LogP contribution >= 0.6 is 34.2 Å². The number of nitrogens with zero attached hydrogens (tertiary/aromatic N) is 1. The molecule has 0 aliphatic carbocycles. The van der Waals surface area contributed by atoms with Crippen LogP contribution < -0.4 is 19.7 Å². The van der Waals surface area contributed by atoms with Gasteiger partial charge < -0.3 is 9.47 Å². The number of rotatable bonds is 6. The standard InChI is InChI=1S/C22H18ClIN2O5/c1-4-7-31-19-16(24)9-13(10-18(19)30-3)8-15-20(27)25-22(29)26(21(15)28)17-11-14(23)6-5-12(17)2/h4-6,8-11H,1,7H2,2-3H3,(H,25,27,29)/b15-8+. The Morgan fingerprint density at radius 2 is 1.97 bits per heavy atom. The minimum Gasteiger partial charge on any atom is -0.493 e. The summed E-state index contributed by atoms with van der Waals surface area (Å²) < 4.78 is 11.7. The highest BCUT2D eigenvalue weighted by Gasteiger charge is 2.37. The van der Waals surface area contributed by atoms with Gasteiger partial charge in [0, 0.05) is 5.02 Å². The van der Waals surface area contributed by atoms with Crippen LogP contribution in [0.3, 0.4) is 0 Å². The van der Waals surface area contributed by atoms with Crippen molar-refractivity contribution in [3.8, 4) is 11.5 Å². The third-order valence-corrected chi connectivity index (χ3v) is 5.46. The average Bonchev–Trinajstić information content (AvgIpc) is 2.72. The summed E-state index contributed by atoms with van der Waals surface area (Å²) in [6.07, 6.45) is 3.01. The van der Waals surface area contributed by atoms with E-state index in [1.165, 1.54) is 19.3 Å². The summed E-state index contributed by atoms with van der Waals surface area (Å²) in [6, 6.07) is 7.38. The van der Waals surface area contributed by atoms with Gasteiger partial charge in [-0.05, 0) is 71.0 Å². The van der Waals surface area contributed by atoms with Crippen molar-refractivity contribution in [3.63, 3.8) is 0 Å². The number of aryl methyl sites for hydroxylation is 1. The number of imide groups is 2. The number of anilines is 1. The molecule has 7 nitrogen and oxygen atoms in total. The monoisotopic (exact) mass is 552 g/mol. The van der Waals surface area contributed by atoms with Gasteiger partial charge in [-0.1, -0.05) is 30.3 Å². The van der Waals surface area contributed by atoms with Gasteiger partial charge in [-0.25, -0.2) is 9.69 Å². The van der Waals surface area contributed by atoms with Crippen molar-refractivity contribution in [3.05, 3.63) is 68.3 Å². The zero-order chi connectivity index (χ0) is 22.7. The van der Waals surface area contributed by atoms with E-state index in [2.05, 4.69) is 34.5 Å². The number of benzene rings is 2. The van der Waals surface area contributed by atoms with Gasteiger partial charge in [0.2, 0.25) is 0 Å². The van der Waals surface area contributed by atoms with Crippen molar-refractivity contribution in [1.29, 1.82) is 0 Å². The van der Waals surface area contributed by atoms with Gasteiger partial charge in [-0.2, -0.15) is 0 Å². The molecule has 4 amide bonds. The number of halogens is 2. The maximum absolute atomic E-state index is 13.1. The van der Waals surface area contributed by atoms with E-state index in [0.717, 1.165) is 4.90 Å². The molecule has 31 heavy (non-hydrogen) atoms. The Kier molecular flexibility index (Phi) is 7.01. The molecule has 0 saturated carbocycles. The molecule has 0 unspecified atom stereocenters. The SMILES string of the molecule is C=CCOc1c(I)cc(/C=C2\C(=O)NC(=O)N(c3cc(Cl)ccc3C)C2=O)cc1OC. The van der Waals surface area contributed by atoms with Gasteiger partial charge in [0.15, 0.2) is 11.5 Å². The molecule has 0 aromatic heterocycles. The maximum atomic E-state index is 13.1. The fraction of sp³-hybridized carbons (Fsp3) is 0.136. The molecule has 0 atom stereocenters. The highest BCUT2D eigenvalue weighted by atomic mass is 127. The number of barbiturate groups is 1. The van der Waals surface area contributed by atoms with E-state index in [-0.39, 0.29) is 5.57 Å². The van der Waals surface area contributed by atoms with Gasteiger partial charge in [-0.15, -0.1) is 0 Å². The third-order valence-electron chi connectivity index (χ3n) is 4.42. The molecule has 1 saturated heterocycles. The average molecular weight is 553 g/mol. The topological polar surface area (TPSA) is 84.9 Å². The van der Waals surface area contributed by atoms with Gasteiger partial charge >= 0.3 is 6.03 Å². The quantitative estimate of drug-likeness (QED) is 0.247. The Bertz CT molecular complexity index is 1130. The number of hydrogen-bond donors (Lipinski definition) is 1. The van der Waals surface area contributed by atoms with Gasteiger partial charge in [0.25, 0.3) is 11.8 Å². The van der Waals surface area contributed by atoms with E-state index < -0.39 is 17.8 Å². The summed E-state index contributed by atoms with van der Waals surface area (Å²) in [7, 11) is 1.49. The first kappa shape index (κ1) is 22.8. The fourth-order valence-electron chi connectivity index (χ4n) is 2.97. The highest BCUT2D eigenvalue weighted by Crippen LogP contribution is 2.35. The number of carbonyl (C=O) groups is 3. The first-order valence-electron chi connectivity index (χ1n) is 9.05. The van der Waals surface area contributed by atoms with E-state index in [1.54, 1.807) is 37.3 Å². The Hall–Kier alpha value is -2.85. The Morgan fingerprint density at radius 1 is 1.23 bits per heavy atom. The molecular formula is C22H18ClIN2O5. The lowest BCUT2D eigenvalue weighted by Crippen LogP contribution is -2.54. The van der Waals surface area contributed by atoms with Crippen molar-refractivity contribution >= 4 is 63.8 Å². The summed E-state index contributed by atoms with van der Waals surface area (Å²) in [5.41, 5.74) is 1.29. The van der Waals surface area contributed by atoms with Crippen LogP contribution in [-0.4, -0.2) is 31.6 Å². The molecule has 0 spiro atoms. The van der Waals surface area contributed by atoms with Crippen molar-refractivity contribution in [1.82, 2.24) is 5.32 Å². The van der Waals surface area contributed by atoms with Crippen LogP contribution in [0.1, 0.15) is 11.1 Å². The Balaban J connectivity index is 2.05. The molecule has 2 aromatic rings. The van der Waals surface area contributed by atoms with Crippen molar-refractivity contribution in [2.24, 2.45) is 0 Å². The smallest absolute Gasteiger partial charge is 0.335 e. The number of ether oxygens (including phenoxy) is 2. The van der Waals surface area contributed by atoms with Crippen LogP contribution in [0.2, 0.25) is 5.02 Å². The molecule has 1 heterocycles. The molecular weight excluding hydrogens is 535 g/mol. The lowest BCUT2D eigenvalue weighted by Gasteiger charge is -2.27. The second-order valence-electron chi connectivity index (χ2n) is 6.52. The number of carbonyl (C=O) groups excluding carboxylic acids is 3. The molecule has 1 aliphatic rings. The molecule has 1 fully saturated rings. The lowest BCUT2D eigenvalue weighted by molar-refractivity contribution is -0.122. The highest BCUT2D eigenvalue weighted by molar-refractivity contribution is 14.1. The Morgan fingerprint density at radius 3 is 2.65 bits per heavy atom. The van der Waals surface area contributed by atoms with E-state index in [9.17, 15) is 14.4 Å². The minimum atomic E-state index is -0.835. The predicted octanol–water partition coefficient (Wildman–Crippen LogP) is 4.49. The predicted molar refractivity (Wildman–Crippen MR) is 127 cm³/mol. The van der Waals surface area contributed by atoms with E-state index >= 15 is 0 Å². The second kappa shape index (κ2) is 9.52. The molecule has 160 valence electrons. The zero-order valence-corrected chi connectivity index (χ0v) is 19.6. The zero-order valence-electron chi connectivity index (χ0n) is 16.7. The molecule has 9 heteroatoms. The molecule has 0 bridgehead atoms. The summed E-state index contributed by atoms with van der Waals surface area (Å²) >= 11 is 8.11. The van der Waals surface area contributed by atoms with Crippen LogP contribution in [-0.2, 0) is 9.59 Å². The summed E-state index contributed by atoms with van der Waals surface area (Å²) in [5, 5.41) is 2.56. The van der Waals surface area contributed by atoms with E-state index in [1.807, 2.05) is 0 Å². The van der Waals surface area contributed by atoms with E-state index in [4.69, 9.17) is 21.1 Å². The van der Waals surface area contributed by atoms with Crippen LogP contribution in [0.5, 0.6) is 11.5 Å². The van der Waals surface area contributed by atoms with Crippen LogP contribution in [0.15, 0.2) is 48.6 Å². The molecule has 1 N–H and O–H groups in total. The number of amides is 4. The summed E-state index contributed by atoms with van der Waals surface area (Å²) in [6.45, 7) is 5.65. The lowest BCUT2D eigenvalue weighted by atomic mass is 10.1. The third kappa shape index (κ3) is 4.75. The van der Waals surface area contributed by atoms with Gasteiger partial charge in [0.1, 0.15) is 12.2 Å². The van der Waals surface area contributed by atoms with Crippen molar-refractivity contribution < 1.29 is 23.9 Å². The minimum absolute atomic E-state index is 0.198. The summed E-state index contributed by atoms with van der Waals surface area (Å²) in [5.74, 6) is -0.578. The first-order chi connectivity index (χ1) is 14.8. The van der Waals surface area contributed by atoms with Crippen LogP contribution in [0, 0.1) is 10.5 Å². The maximum Gasteiger partial charge on any atom is 0.335 e. The number of nitrogens with one attached hydrogen (secondary N) is 1.